The smallest absolute Gasteiger partial charge is 0.319 e. The van der Waals surface area contributed by atoms with Crippen molar-refractivity contribution in [3.8, 4) is 5.69 Å². The number of hydrogen-bond donors (Lipinski definition) is 1. The van der Waals surface area contributed by atoms with E-state index < -0.39 is 6.09 Å². The average molecular weight is 397 g/mol. The zero-order valence-corrected chi connectivity index (χ0v) is 17.2. The fourth-order valence-electron chi connectivity index (χ4n) is 3.56. The van der Waals surface area contributed by atoms with Gasteiger partial charge in [-0.15, -0.1) is 0 Å². The largest absolute Gasteiger partial charge is 0.437 e. The van der Waals surface area contributed by atoms with Crippen molar-refractivity contribution in [1.82, 2.24) is 4.57 Å². The van der Waals surface area contributed by atoms with Crippen molar-refractivity contribution in [2.45, 2.75) is 20.8 Å². The fourth-order valence-corrected chi connectivity index (χ4v) is 3.56. The number of hydrogen-bond acceptors (Lipinski definition) is 3. The second-order valence-corrected chi connectivity index (χ2v) is 7.21. The molecule has 1 aromatic heterocycles. The van der Waals surface area contributed by atoms with E-state index in [1.165, 1.54) is 11.4 Å². The van der Waals surface area contributed by atoms with Crippen molar-refractivity contribution in [2.75, 3.05) is 5.32 Å². The minimum Gasteiger partial charge on any atom is -0.319 e. The normalized spacial score (nSPS) is 11.5. The van der Waals surface area contributed by atoms with Crippen LogP contribution in [0.5, 0.6) is 0 Å². The van der Waals surface area contributed by atoms with E-state index in [0.29, 0.717) is 11.4 Å². The Morgan fingerprint density at radius 1 is 0.867 bits per heavy atom. The number of benzene rings is 3. The minimum atomic E-state index is -0.624. The lowest BCUT2D eigenvalue weighted by Crippen LogP contribution is -2.12. The standard InChI is InChI=1S/C25H23N3O2/c1-17-11-12-18(2)28(17)22-15-13-20(14-16-22)19(3)27-30-25(29)26-24-10-6-8-21-7-4-5-9-23(21)24/h4-16H,1-3H3,(H,26,29). The second-order valence-electron chi connectivity index (χ2n) is 7.21. The first kappa shape index (κ1) is 19.5. The molecular weight excluding hydrogens is 374 g/mol. The molecule has 0 aliphatic carbocycles. The van der Waals surface area contributed by atoms with Crippen LogP contribution in [0.3, 0.4) is 0 Å². The van der Waals surface area contributed by atoms with Crippen LogP contribution >= 0.6 is 0 Å². The third kappa shape index (κ3) is 3.96. The highest BCUT2D eigenvalue weighted by molar-refractivity contribution is 6.01. The van der Waals surface area contributed by atoms with Gasteiger partial charge in [-0.2, -0.15) is 0 Å². The average Bonchev–Trinajstić information content (AvgIpc) is 3.10. The highest BCUT2D eigenvalue weighted by Gasteiger charge is 2.08. The van der Waals surface area contributed by atoms with Crippen molar-refractivity contribution >= 4 is 28.3 Å². The Labute approximate surface area is 175 Å². The van der Waals surface area contributed by atoms with Crippen molar-refractivity contribution in [3.63, 3.8) is 0 Å². The summed E-state index contributed by atoms with van der Waals surface area (Å²) in [6, 6.07) is 25.8. The van der Waals surface area contributed by atoms with Crippen LogP contribution in [0.2, 0.25) is 0 Å². The molecule has 1 heterocycles. The van der Waals surface area contributed by atoms with Gasteiger partial charge in [0.05, 0.1) is 11.4 Å². The van der Waals surface area contributed by atoms with Gasteiger partial charge in [0.2, 0.25) is 0 Å². The van der Waals surface area contributed by atoms with Crippen LogP contribution in [0.25, 0.3) is 16.5 Å². The van der Waals surface area contributed by atoms with Gasteiger partial charge in [-0.1, -0.05) is 53.7 Å². The number of fused-ring (bicyclic) bond motifs is 1. The first-order valence-electron chi connectivity index (χ1n) is 9.79. The molecule has 0 aliphatic rings. The summed E-state index contributed by atoms with van der Waals surface area (Å²) in [5.41, 5.74) is 5.64. The highest BCUT2D eigenvalue weighted by atomic mass is 16.7. The summed E-state index contributed by atoms with van der Waals surface area (Å²) in [5, 5.41) is 8.75. The third-order valence-corrected chi connectivity index (χ3v) is 5.11. The van der Waals surface area contributed by atoms with Gasteiger partial charge < -0.3 is 4.57 Å². The van der Waals surface area contributed by atoms with Gasteiger partial charge in [-0.25, -0.2) is 4.79 Å². The first-order valence-corrected chi connectivity index (χ1v) is 9.79. The van der Waals surface area contributed by atoms with E-state index in [1.54, 1.807) is 0 Å². The minimum absolute atomic E-state index is 0.621. The van der Waals surface area contributed by atoms with Crippen LogP contribution < -0.4 is 5.32 Å². The van der Waals surface area contributed by atoms with Crippen LogP contribution in [0.15, 0.2) is 84.0 Å². The quantitative estimate of drug-likeness (QED) is 0.252. The lowest BCUT2D eigenvalue weighted by molar-refractivity contribution is 0.166. The van der Waals surface area contributed by atoms with Crippen LogP contribution in [0.4, 0.5) is 10.5 Å². The summed E-state index contributed by atoms with van der Waals surface area (Å²) in [7, 11) is 0. The molecule has 30 heavy (non-hydrogen) atoms. The predicted octanol–water partition coefficient (Wildman–Crippen LogP) is 6.22. The van der Waals surface area contributed by atoms with Crippen LogP contribution in [-0.4, -0.2) is 16.4 Å². The van der Waals surface area contributed by atoms with Crippen molar-refractivity contribution in [3.05, 3.63) is 95.8 Å². The monoisotopic (exact) mass is 397 g/mol. The number of anilines is 1. The van der Waals surface area contributed by atoms with Gasteiger partial charge in [0.15, 0.2) is 0 Å². The maximum atomic E-state index is 12.2. The molecule has 0 radical (unpaired) electrons. The number of amides is 1. The molecule has 3 aromatic carbocycles. The zero-order chi connectivity index (χ0) is 21.1. The lowest BCUT2D eigenvalue weighted by Gasteiger charge is -2.10. The van der Waals surface area contributed by atoms with Gasteiger partial charge in [0.1, 0.15) is 0 Å². The molecule has 0 aliphatic heterocycles. The molecule has 0 atom stereocenters. The number of carbonyl (C=O) groups excluding carboxylic acids is 1. The Bertz CT molecular complexity index is 1210. The van der Waals surface area contributed by atoms with Gasteiger partial charge in [-0.3, -0.25) is 10.2 Å². The number of rotatable bonds is 4. The summed E-state index contributed by atoms with van der Waals surface area (Å²) in [5.74, 6) is 0. The van der Waals surface area contributed by atoms with E-state index in [1.807, 2.05) is 73.7 Å². The Balaban J connectivity index is 1.45. The van der Waals surface area contributed by atoms with E-state index in [9.17, 15) is 4.79 Å². The Morgan fingerprint density at radius 2 is 1.53 bits per heavy atom. The molecule has 5 nitrogen and oxygen atoms in total. The molecular formula is C25H23N3O2. The molecule has 0 spiro atoms. The number of carbonyl (C=O) groups is 1. The number of aromatic nitrogens is 1. The zero-order valence-electron chi connectivity index (χ0n) is 17.2. The highest BCUT2D eigenvalue weighted by Crippen LogP contribution is 2.23. The lowest BCUT2D eigenvalue weighted by atomic mass is 10.1. The summed E-state index contributed by atoms with van der Waals surface area (Å²) in [4.78, 5) is 17.3. The Kier molecular flexibility index (Phi) is 5.35. The molecule has 0 saturated heterocycles. The molecule has 0 fully saturated rings. The SMILES string of the molecule is CC(=NOC(=O)Nc1cccc2ccccc12)c1ccc(-n2c(C)ccc2C)cc1. The van der Waals surface area contributed by atoms with Crippen LogP contribution in [0.1, 0.15) is 23.9 Å². The molecule has 1 N–H and O–H groups in total. The molecule has 5 heteroatoms. The van der Waals surface area contributed by atoms with Gasteiger partial charge in [0, 0.05) is 22.5 Å². The number of nitrogens with zero attached hydrogens (tertiary/aromatic N) is 2. The molecule has 150 valence electrons. The maximum Gasteiger partial charge on any atom is 0.437 e. The molecule has 4 rings (SSSR count). The van der Waals surface area contributed by atoms with E-state index in [-0.39, 0.29) is 0 Å². The second kappa shape index (κ2) is 8.25. The number of aryl methyl sites for hydroxylation is 2. The van der Waals surface area contributed by atoms with Crippen molar-refractivity contribution in [1.29, 1.82) is 0 Å². The first-order chi connectivity index (χ1) is 14.5. The third-order valence-electron chi connectivity index (χ3n) is 5.11. The summed E-state index contributed by atoms with van der Waals surface area (Å²) in [6.07, 6.45) is -0.624. The van der Waals surface area contributed by atoms with E-state index in [0.717, 1.165) is 22.0 Å². The summed E-state index contributed by atoms with van der Waals surface area (Å²) >= 11 is 0. The summed E-state index contributed by atoms with van der Waals surface area (Å²) < 4.78 is 2.18. The van der Waals surface area contributed by atoms with Crippen molar-refractivity contribution in [2.24, 2.45) is 5.16 Å². The number of oxime groups is 1. The van der Waals surface area contributed by atoms with Gasteiger partial charge in [-0.05, 0) is 62.1 Å². The fraction of sp³-hybridized carbons (Fsp3) is 0.120. The topological polar surface area (TPSA) is 55.6 Å². The van der Waals surface area contributed by atoms with E-state index in [2.05, 4.69) is 41.0 Å². The van der Waals surface area contributed by atoms with Crippen LogP contribution in [0, 0.1) is 13.8 Å². The number of nitrogens with one attached hydrogen (secondary N) is 1. The van der Waals surface area contributed by atoms with Crippen LogP contribution in [-0.2, 0) is 4.84 Å². The molecule has 0 unspecified atom stereocenters. The van der Waals surface area contributed by atoms with E-state index >= 15 is 0 Å². The molecule has 0 saturated carbocycles. The Hall–Kier alpha value is -3.86. The van der Waals surface area contributed by atoms with E-state index in [4.69, 9.17) is 4.84 Å². The molecule has 4 aromatic rings. The maximum absolute atomic E-state index is 12.2. The Morgan fingerprint density at radius 3 is 2.27 bits per heavy atom. The van der Waals surface area contributed by atoms with Gasteiger partial charge >= 0.3 is 6.09 Å². The summed E-state index contributed by atoms with van der Waals surface area (Å²) in [6.45, 7) is 5.97. The molecule has 0 bridgehead atoms. The molecule has 1 amide bonds. The van der Waals surface area contributed by atoms with Gasteiger partial charge in [0.25, 0.3) is 0 Å². The predicted molar refractivity (Wildman–Crippen MR) is 122 cm³/mol. The van der Waals surface area contributed by atoms with Crippen molar-refractivity contribution < 1.29 is 9.63 Å².